The normalized spacial score (nSPS) is 19.3. The molecule has 51 heavy (non-hydrogen) atoms. The Bertz CT molecular complexity index is 1760. The van der Waals surface area contributed by atoms with Crippen molar-refractivity contribution in [2.75, 3.05) is 42.9 Å². The quantitative estimate of drug-likeness (QED) is 0.203. The zero-order chi connectivity index (χ0) is 37.5. The second-order valence-corrected chi connectivity index (χ2v) is 15.0. The van der Waals surface area contributed by atoms with Gasteiger partial charge in [-0.1, -0.05) is 50.0 Å². The molecular weight excluding hydrogens is 723 g/mol. The lowest BCUT2D eigenvalue weighted by atomic mass is 9.85. The molecule has 2 heterocycles. The molecule has 1 aliphatic carbocycles. The van der Waals surface area contributed by atoms with Crippen LogP contribution in [0, 0.1) is 11.3 Å². The molecule has 5 rings (SSSR count). The lowest BCUT2D eigenvalue weighted by molar-refractivity contribution is -0.182. The molecule has 0 unspecified atom stereocenters. The summed E-state index contributed by atoms with van der Waals surface area (Å²) in [5.74, 6) is -1.76. The first-order chi connectivity index (χ1) is 23.7. The maximum Gasteiger partial charge on any atom is 0.401 e. The predicted molar refractivity (Wildman–Crippen MR) is 186 cm³/mol. The monoisotopic (exact) mass is 763 g/mol. The highest BCUT2D eigenvalue weighted by atomic mass is 35.5. The van der Waals surface area contributed by atoms with Crippen LogP contribution in [0.2, 0.25) is 10.0 Å². The van der Waals surface area contributed by atoms with E-state index in [2.05, 4.69) is 16.0 Å². The molecule has 1 aromatic heterocycles. The molecule has 2 aliphatic rings. The number of benzene rings is 2. The summed E-state index contributed by atoms with van der Waals surface area (Å²) in [6.07, 6.45) is -8.48. The number of rotatable bonds is 8. The topological polar surface area (TPSA) is 94.5 Å². The summed E-state index contributed by atoms with van der Waals surface area (Å²) in [6, 6.07) is 6.20. The number of piperazine rings is 1. The maximum atomic E-state index is 13.8. The van der Waals surface area contributed by atoms with Crippen LogP contribution in [0.25, 0.3) is 11.0 Å². The van der Waals surface area contributed by atoms with Crippen molar-refractivity contribution < 1.29 is 35.9 Å². The number of nitrogens with one attached hydrogen (secondary N) is 3. The lowest BCUT2D eigenvalue weighted by Crippen LogP contribution is -2.49. The van der Waals surface area contributed by atoms with Crippen LogP contribution in [0.1, 0.15) is 62.4 Å². The minimum atomic E-state index is -4.35. The zero-order valence-corrected chi connectivity index (χ0v) is 30.2. The fourth-order valence-electron chi connectivity index (χ4n) is 6.41. The third kappa shape index (κ3) is 9.33. The van der Waals surface area contributed by atoms with Gasteiger partial charge >= 0.3 is 12.4 Å². The summed E-state index contributed by atoms with van der Waals surface area (Å²) < 4.78 is 80.8. The van der Waals surface area contributed by atoms with Gasteiger partial charge in [0.15, 0.2) is 0 Å². The SMILES string of the molecule is Cn1c(Nc2c(Cl)ccc(CNC(=O)C(C)(C)C)c2Cl)nc2cc(C(=O)NC3CCC(C(F)(F)F)CC3)c(N3CCN(CC(F)(F)F)CC3)cc21. The Hall–Kier alpha value is -3.43. The van der Waals surface area contributed by atoms with E-state index >= 15 is 0 Å². The highest BCUT2D eigenvalue weighted by molar-refractivity contribution is 6.39. The van der Waals surface area contributed by atoms with Crippen molar-refractivity contribution in [3.05, 3.63) is 45.4 Å². The van der Waals surface area contributed by atoms with E-state index in [-0.39, 0.29) is 79.9 Å². The number of imidazole rings is 1. The van der Waals surface area contributed by atoms with Crippen LogP contribution >= 0.6 is 23.2 Å². The number of hydrogen-bond acceptors (Lipinski definition) is 6. The van der Waals surface area contributed by atoms with Crippen molar-refractivity contribution in [2.24, 2.45) is 18.4 Å². The van der Waals surface area contributed by atoms with Crippen LogP contribution in [0.15, 0.2) is 24.3 Å². The third-order valence-corrected chi connectivity index (χ3v) is 10.2. The standard InChI is InChI=1S/C34H41Cl2F6N7O2/c1-32(2,3)30(51)43-17-19-5-10-23(35)28(27(19)36)46-31-45-24-15-22(29(50)44-21-8-6-20(7-9-21)34(40,41)42)25(16-26(24)47(31)4)49-13-11-48(12-14-49)18-33(37,38)39/h5,10,15-16,20-21H,6-9,11-14,17-18H2,1-4H3,(H,43,51)(H,44,50)(H,45,46). The van der Waals surface area contributed by atoms with E-state index in [1.165, 1.54) is 4.90 Å². The largest absolute Gasteiger partial charge is 0.401 e. The summed E-state index contributed by atoms with van der Waals surface area (Å²) in [7, 11) is 1.73. The Morgan fingerprint density at radius 2 is 1.59 bits per heavy atom. The number of carbonyl (C=O) groups is 2. The van der Waals surface area contributed by atoms with Crippen LogP contribution in [-0.2, 0) is 18.4 Å². The van der Waals surface area contributed by atoms with Gasteiger partial charge in [0.2, 0.25) is 11.9 Å². The molecular formula is C34H41Cl2F6N7O2. The first kappa shape index (κ1) is 38.8. The highest BCUT2D eigenvalue weighted by Gasteiger charge is 2.42. The Balaban J connectivity index is 1.44. The summed E-state index contributed by atoms with van der Waals surface area (Å²) >= 11 is 13.3. The van der Waals surface area contributed by atoms with Crippen molar-refractivity contribution in [2.45, 2.75) is 71.4 Å². The fourth-order valence-corrected chi connectivity index (χ4v) is 6.94. The second kappa shape index (κ2) is 14.9. The molecule has 3 N–H and O–H groups in total. The van der Waals surface area contributed by atoms with Gasteiger partial charge in [0.05, 0.1) is 50.5 Å². The van der Waals surface area contributed by atoms with E-state index in [1.807, 2.05) is 4.90 Å². The number of hydrogen-bond donors (Lipinski definition) is 3. The van der Waals surface area contributed by atoms with Crippen molar-refractivity contribution in [3.63, 3.8) is 0 Å². The van der Waals surface area contributed by atoms with Crippen LogP contribution in [0.4, 0.5) is 43.7 Å². The number of fused-ring (bicyclic) bond motifs is 1. The van der Waals surface area contributed by atoms with E-state index in [9.17, 15) is 35.9 Å². The van der Waals surface area contributed by atoms with Crippen molar-refractivity contribution in [1.29, 1.82) is 0 Å². The molecule has 1 saturated heterocycles. The first-order valence-electron chi connectivity index (χ1n) is 16.7. The molecule has 1 saturated carbocycles. The Kier molecular flexibility index (Phi) is 11.3. The summed E-state index contributed by atoms with van der Waals surface area (Å²) in [6.45, 7) is 5.14. The van der Waals surface area contributed by atoms with Crippen molar-refractivity contribution >= 4 is 63.4 Å². The average molecular weight is 765 g/mol. The van der Waals surface area contributed by atoms with Gasteiger partial charge in [-0.25, -0.2) is 4.98 Å². The van der Waals surface area contributed by atoms with Crippen LogP contribution < -0.4 is 20.9 Å². The average Bonchev–Trinajstić information content (AvgIpc) is 3.34. The Morgan fingerprint density at radius 3 is 2.18 bits per heavy atom. The molecule has 2 amide bonds. The van der Waals surface area contributed by atoms with Crippen LogP contribution in [0.5, 0.6) is 0 Å². The van der Waals surface area contributed by atoms with Crippen LogP contribution in [0.3, 0.4) is 0 Å². The summed E-state index contributed by atoms with van der Waals surface area (Å²) in [5, 5.41) is 9.48. The molecule has 0 radical (unpaired) electrons. The van der Waals surface area contributed by atoms with Gasteiger partial charge < -0.3 is 25.4 Å². The highest BCUT2D eigenvalue weighted by Crippen LogP contribution is 2.39. The zero-order valence-electron chi connectivity index (χ0n) is 28.7. The predicted octanol–water partition coefficient (Wildman–Crippen LogP) is 7.82. The molecule has 3 aromatic rings. The van der Waals surface area contributed by atoms with Gasteiger partial charge in [0.1, 0.15) is 0 Å². The number of carbonyl (C=O) groups excluding carboxylic acids is 2. The van der Waals surface area contributed by atoms with E-state index in [0.29, 0.717) is 33.9 Å². The summed E-state index contributed by atoms with van der Waals surface area (Å²) in [4.78, 5) is 34.1. The molecule has 0 atom stereocenters. The molecule has 280 valence electrons. The number of alkyl halides is 6. The summed E-state index contributed by atoms with van der Waals surface area (Å²) in [5.41, 5.74) is 2.02. The van der Waals surface area contributed by atoms with Gasteiger partial charge in [-0.2, -0.15) is 26.3 Å². The maximum absolute atomic E-state index is 13.8. The van der Waals surface area contributed by atoms with Gasteiger partial charge in [0.25, 0.3) is 5.91 Å². The van der Waals surface area contributed by atoms with Gasteiger partial charge in [-0.05, 0) is 49.4 Å². The molecule has 9 nitrogen and oxygen atoms in total. The van der Waals surface area contributed by atoms with E-state index in [0.717, 1.165) is 0 Å². The number of halogens is 8. The van der Waals surface area contributed by atoms with Crippen molar-refractivity contribution in [1.82, 2.24) is 25.1 Å². The van der Waals surface area contributed by atoms with Gasteiger partial charge in [0, 0.05) is 51.2 Å². The second-order valence-electron chi connectivity index (χ2n) is 14.2. The lowest BCUT2D eigenvalue weighted by Gasteiger charge is -2.37. The van der Waals surface area contributed by atoms with Gasteiger partial charge in [-0.15, -0.1) is 0 Å². The Morgan fingerprint density at radius 1 is 0.941 bits per heavy atom. The first-order valence-corrected chi connectivity index (χ1v) is 17.4. The molecule has 17 heteroatoms. The fraction of sp³-hybridized carbons (Fsp3) is 0.559. The van der Waals surface area contributed by atoms with E-state index < -0.39 is 42.2 Å². The number of aromatic nitrogens is 2. The minimum absolute atomic E-state index is 0.0912. The minimum Gasteiger partial charge on any atom is -0.368 e. The Labute approximate surface area is 302 Å². The molecule has 0 bridgehead atoms. The smallest absolute Gasteiger partial charge is 0.368 e. The van der Waals surface area contributed by atoms with Crippen molar-refractivity contribution in [3.8, 4) is 0 Å². The number of nitrogens with zero attached hydrogens (tertiary/aromatic N) is 4. The molecule has 0 spiro atoms. The molecule has 2 fully saturated rings. The van der Waals surface area contributed by atoms with E-state index in [1.54, 1.807) is 56.7 Å². The van der Waals surface area contributed by atoms with Crippen LogP contribution in [-0.4, -0.2) is 77.4 Å². The molecule has 2 aromatic carbocycles. The molecule has 1 aliphatic heterocycles. The number of anilines is 3. The number of aryl methyl sites for hydroxylation is 1. The van der Waals surface area contributed by atoms with Gasteiger partial charge in [-0.3, -0.25) is 14.5 Å². The van der Waals surface area contributed by atoms with E-state index in [4.69, 9.17) is 28.2 Å². The third-order valence-electron chi connectivity index (χ3n) is 9.41. The number of amides is 2.